The lowest BCUT2D eigenvalue weighted by Crippen LogP contribution is -2.05. The van der Waals surface area contributed by atoms with E-state index in [2.05, 4.69) is 19.8 Å². The fourth-order valence-corrected chi connectivity index (χ4v) is 3.22. The van der Waals surface area contributed by atoms with E-state index >= 15 is 0 Å². The van der Waals surface area contributed by atoms with Crippen LogP contribution in [0, 0.1) is 10.1 Å². The minimum atomic E-state index is -0.844. The number of benzene rings is 2. The van der Waals surface area contributed by atoms with Gasteiger partial charge in [-0.3, -0.25) is 4.84 Å². The van der Waals surface area contributed by atoms with Gasteiger partial charge in [-0.1, -0.05) is 0 Å². The molecule has 0 aliphatic rings. The van der Waals surface area contributed by atoms with Crippen LogP contribution >= 0.6 is 0 Å². The van der Waals surface area contributed by atoms with Gasteiger partial charge in [-0.2, -0.15) is 0 Å². The summed E-state index contributed by atoms with van der Waals surface area (Å²) in [4.78, 5) is 27.2. The predicted molar refractivity (Wildman–Crippen MR) is 108 cm³/mol. The molecule has 0 spiro atoms. The number of aromatic amines is 1. The highest BCUT2D eigenvalue weighted by molar-refractivity contribution is 6.03. The maximum absolute atomic E-state index is 10.7. The van der Waals surface area contributed by atoms with Crippen molar-refractivity contribution < 1.29 is 24.1 Å². The van der Waals surface area contributed by atoms with E-state index < -0.39 is 5.09 Å². The molecule has 10 nitrogen and oxygen atoms in total. The van der Waals surface area contributed by atoms with Crippen molar-refractivity contribution in [3.05, 3.63) is 53.0 Å². The Bertz CT molecular complexity index is 1220. The van der Waals surface area contributed by atoms with E-state index in [-0.39, 0.29) is 5.75 Å². The molecule has 0 amide bonds. The average molecular weight is 410 g/mol. The molecular weight excluding hydrogens is 392 g/mol. The topological polar surface area (TPSA) is 122 Å². The van der Waals surface area contributed by atoms with Gasteiger partial charge < -0.3 is 19.2 Å². The van der Waals surface area contributed by atoms with Crippen LogP contribution in [0.4, 0.5) is 0 Å². The van der Waals surface area contributed by atoms with Crippen LogP contribution < -0.4 is 14.3 Å². The fourth-order valence-electron chi connectivity index (χ4n) is 3.22. The minimum absolute atomic E-state index is 0.123. The van der Waals surface area contributed by atoms with Crippen LogP contribution in [0.25, 0.3) is 33.1 Å². The number of methoxy groups -OCH3 is 2. The predicted octanol–water partition coefficient (Wildman–Crippen LogP) is 3.38. The van der Waals surface area contributed by atoms with Gasteiger partial charge in [-0.15, -0.1) is 10.1 Å². The van der Waals surface area contributed by atoms with Crippen molar-refractivity contribution in [3.8, 4) is 28.5 Å². The van der Waals surface area contributed by atoms with Crippen molar-refractivity contribution >= 4 is 21.8 Å². The molecule has 0 saturated heterocycles. The summed E-state index contributed by atoms with van der Waals surface area (Å²) < 4.78 is 16.2. The fraction of sp³-hybridized carbons (Fsp3) is 0.200. The Labute approximate surface area is 170 Å². The molecule has 10 heteroatoms. The largest absolute Gasteiger partial charge is 0.493 e. The summed E-state index contributed by atoms with van der Waals surface area (Å²) in [5.74, 6) is 1.21. The Morgan fingerprint density at radius 1 is 1.07 bits per heavy atom. The Hall–Kier alpha value is -3.92. The number of nitrogens with one attached hydrogen (secondary N) is 1. The van der Waals surface area contributed by atoms with E-state index in [1.54, 1.807) is 38.6 Å². The van der Waals surface area contributed by atoms with Gasteiger partial charge in [0, 0.05) is 41.2 Å². The van der Waals surface area contributed by atoms with Crippen LogP contribution in [0.15, 0.2) is 42.9 Å². The second kappa shape index (κ2) is 8.21. The third kappa shape index (κ3) is 3.67. The number of hydrogen-bond acceptors (Lipinski definition) is 8. The number of aromatic nitrogens is 3. The van der Waals surface area contributed by atoms with Crippen LogP contribution in [0.3, 0.4) is 0 Å². The first kappa shape index (κ1) is 19.4. The molecular formula is C20H18N4O6. The summed E-state index contributed by atoms with van der Waals surface area (Å²) in [6.45, 7) is 0.818. The number of ether oxygens (including phenoxy) is 3. The van der Waals surface area contributed by atoms with E-state index in [1.165, 1.54) is 12.4 Å². The molecule has 4 aromatic rings. The molecule has 2 aromatic heterocycles. The summed E-state index contributed by atoms with van der Waals surface area (Å²) in [5.41, 5.74) is 2.85. The second-order valence-electron chi connectivity index (χ2n) is 6.31. The highest BCUT2D eigenvalue weighted by Gasteiger charge is 2.16. The molecule has 0 bridgehead atoms. The molecule has 2 aromatic carbocycles. The first-order valence-corrected chi connectivity index (χ1v) is 8.99. The van der Waals surface area contributed by atoms with E-state index in [9.17, 15) is 10.1 Å². The van der Waals surface area contributed by atoms with Crippen LogP contribution in [-0.2, 0) is 4.74 Å². The smallest absolute Gasteiger partial charge is 0.299 e. The molecule has 0 aliphatic carbocycles. The zero-order chi connectivity index (χ0) is 21.1. The summed E-state index contributed by atoms with van der Waals surface area (Å²) in [6, 6.07) is 8.42. The maximum atomic E-state index is 10.7. The Kier molecular flexibility index (Phi) is 5.31. The molecule has 4 rings (SSSR count). The molecule has 154 valence electrons. The van der Waals surface area contributed by atoms with E-state index in [0.717, 1.165) is 21.9 Å². The highest BCUT2D eigenvalue weighted by atomic mass is 17.0. The van der Waals surface area contributed by atoms with E-state index in [0.29, 0.717) is 35.9 Å². The molecule has 2 heterocycles. The van der Waals surface area contributed by atoms with Crippen LogP contribution in [0.2, 0.25) is 0 Å². The van der Waals surface area contributed by atoms with Gasteiger partial charge in [-0.05, 0) is 24.3 Å². The normalized spacial score (nSPS) is 11.0. The standard InChI is InChI=1S/C20H18N4O6/c1-27-5-6-29-19-9-17-14(8-18(19)28-2)20(23-11-22-17)15-10-21-16-4-3-12(7-13(15)16)30-24(25)26/h3-4,7-11,21H,5-6H2,1-2H3. The Morgan fingerprint density at radius 2 is 1.93 bits per heavy atom. The second-order valence-corrected chi connectivity index (χ2v) is 6.31. The number of H-pyrrole nitrogens is 1. The molecule has 0 aliphatic heterocycles. The lowest BCUT2D eigenvalue weighted by atomic mass is 10.0. The van der Waals surface area contributed by atoms with Crippen molar-refractivity contribution in [2.24, 2.45) is 0 Å². The van der Waals surface area contributed by atoms with Gasteiger partial charge in [0.2, 0.25) is 0 Å². The molecule has 30 heavy (non-hydrogen) atoms. The molecule has 1 N–H and O–H groups in total. The quantitative estimate of drug-likeness (QED) is 0.266. The van der Waals surface area contributed by atoms with Crippen LogP contribution in [-0.4, -0.2) is 47.5 Å². The van der Waals surface area contributed by atoms with Crippen molar-refractivity contribution in [2.75, 3.05) is 27.4 Å². The van der Waals surface area contributed by atoms with Crippen LogP contribution in [0.5, 0.6) is 17.2 Å². The van der Waals surface area contributed by atoms with Gasteiger partial charge >= 0.3 is 0 Å². The third-order valence-electron chi connectivity index (χ3n) is 4.55. The average Bonchev–Trinajstić information content (AvgIpc) is 3.15. The lowest BCUT2D eigenvalue weighted by molar-refractivity contribution is -0.711. The number of fused-ring (bicyclic) bond motifs is 2. The monoisotopic (exact) mass is 410 g/mol. The molecule has 0 fully saturated rings. The minimum Gasteiger partial charge on any atom is -0.493 e. The first-order chi connectivity index (χ1) is 14.6. The molecule has 0 saturated carbocycles. The third-order valence-corrected chi connectivity index (χ3v) is 4.55. The zero-order valence-electron chi connectivity index (χ0n) is 16.2. The van der Waals surface area contributed by atoms with Gasteiger partial charge in [0.05, 0.1) is 24.9 Å². The maximum Gasteiger partial charge on any atom is 0.299 e. The van der Waals surface area contributed by atoms with E-state index in [4.69, 9.17) is 14.2 Å². The number of rotatable bonds is 8. The summed E-state index contributed by atoms with van der Waals surface area (Å²) >= 11 is 0. The van der Waals surface area contributed by atoms with Crippen molar-refractivity contribution in [1.82, 2.24) is 15.0 Å². The number of nitrogens with zero attached hydrogens (tertiary/aromatic N) is 3. The SMILES string of the molecule is COCCOc1cc2ncnc(-c3c[nH]c4ccc(O[N+](=O)[O-])cc34)c2cc1OC. The van der Waals surface area contributed by atoms with Gasteiger partial charge in [0.25, 0.3) is 5.09 Å². The van der Waals surface area contributed by atoms with Crippen molar-refractivity contribution in [2.45, 2.75) is 0 Å². The Morgan fingerprint density at radius 3 is 2.70 bits per heavy atom. The number of hydrogen-bond donors (Lipinski definition) is 1. The molecule has 0 radical (unpaired) electrons. The first-order valence-electron chi connectivity index (χ1n) is 8.99. The summed E-state index contributed by atoms with van der Waals surface area (Å²) in [7, 11) is 3.16. The van der Waals surface area contributed by atoms with Gasteiger partial charge in [0.15, 0.2) is 11.5 Å². The lowest BCUT2D eigenvalue weighted by Gasteiger charge is -2.13. The highest BCUT2D eigenvalue weighted by Crippen LogP contribution is 2.38. The van der Waals surface area contributed by atoms with Gasteiger partial charge in [0.1, 0.15) is 18.7 Å². The molecule has 0 atom stereocenters. The molecule has 0 unspecified atom stereocenters. The summed E-state index contributed by atoms with van der Waals surface area (Å²) in [6.07, 6.45) is 3.25. The Balaban J connectivity index is 1.83. The van der Waals surface area contributed by atoms with Crippen molar-refractivity contribution in [1.29, 1.82) is 0 Å². The summed E-state index contributed by atoms with van der Waals surface area (Å²) in [5, 5.41) is 11.3. The van der Waals surface area contributed by atoms with Crippen LogP contribution in [0.1, 0.15) is 0 Å². The van der Waals surface area contributed by atoms with Gasteiger partial charge in [-0.25, -0.2) is 9.97 Å². The zero-order valence-corrected chi connectivity index (χ0v) is 16.2. The van der Waals surface area contributed by atoms with E-state index in [1.807, 2.05) is 6.07 Å². The van der Waals surface area contributed by atoms with Crippen molar-refractivity contribution in [3.63, 3.8) is 0 Å².